The van der Waals surface area contributed by atoms with E-state index in [1.54, 1.807) is 33.0 Å². The number of aryl methyl sites for hydroxylation is 1. The van der Waals surface area contributed by atoms with Gasteiger partial charge in [0, 0.05) is 32.9 Å². The van der Waals surface area contributed by atoms with E-state index in [1.807, 2.05) is 6.07 Å². The predicted molar refractivity (Wildman–Crippen MR) is 105 cm³/mol. The van der Waals surface area contributed by atoms with Gasteiger partial charge in [-0.25, -0.2) is 21.6 Å². The third-order valence-electron chi connectivity index (χ3n) is 3.67. The third-order valence-corrected chi connectivity index (χ3v) is 6.33. The van der Waals surface area contributed by atoms with Crippen LogP contribution in [-0.2, 0) is 26.4 Å². The lowest BCUT2D eigenvalue weighted by Crippen LogP contribution is -2.38. The zero-order valence-electron chi connectivity index (χ0n) is 15.7. The Balaban J connectivity index is 2.46. The quantitative estimate of drug-likeness (QED) is 0.311. The van der Waals surface area contributed by atoms with Gasteiger partial charge < -0.3 is 10.6 Å². The fourth-order valence-electron chi connectivity index (χ4n) is 2.27. The topological polar surface area (TPSA) is 117 Å². The summed E-state index contributed by atoms with van der Waals surface area (Å²) in [7, 11) is -4.73. The van der Waals surface area contributed by atoms with E-state index in [4.69, 9.17) is 0 Å². The summed E-state index contributed by atoms with van der Waals surface area (Å²) >= 11 is 0. The number of sulfone groups is 1. The number of guanidine groups is 1. The maximum atomic E-state index is 11.6. The highest BCUT2D eigenvalue weighted by molar-refractivity contribution is 7.90. The summed E-state index contributed by atoms with van der Waals surface area (Å²) in [5.41, 5.74) is 1.64. The van der Waals surface area contributed by atoms with E-state index < -0.39 is 19.9 Å². The minimum absolute atomic E-state index is 0.0706. The molecular weight excluding hydrogens is 376 g/mol. The first kappa shape index (κ1) is 22.4. The molecule has 0 fully saturated rings. The van der Waals surface area contributed by atoms with Gasteiger partial charge in [0.15, 0.2) is 15.8 Å². The van der Waals surface area contributed by atoms with Crippen molar-refractivity contribution in [1.82, 2.24) is 15.4 Å². The van der Waals surface area contributed by atoms with Crippen LogP contribution in [0.1, 0.15) is 24.5 Å². The van der Waals surface area contributed by atoms with Gasteiger partial charge in [0.05, 0.1) is 10.6 Å². The van der Waals surface area contributed by atoms with E-state index in [9.17, 15) is 16.8 Å². The second-order valence-electron chi connectivity index (χ2n) is 5.88. The first-order chi connectivity index (χ1) is 12.1. The number of aliphatic imine (C=N–C) groups is 1. The van der Waals surface area contributed by atoms with Gasteiger partial charge in [-0.05, 0) is 37.5 Å². The van der Waals surface area contributed by atoms with Crippen LogP contribution in [0, 0.1) is 6.92 Å². The number of hydrogen-bond acceptors (Lipinski definition) is 5. The number of nitrogens with zero attached hydrogens (tertiary/aromatic N) is 1. The van der Waals surface area contributed by atoms with Crippen molar-refractivity contribution in [3.05, 3.63) is 29.3 Å². The third kappa shape index (κ3) is 7.71. The molecule has 0 heterocycles. The molecule has 0 aliphatic heterocycles. The van der Waals surface area contributed by atoms with Crippen LogP contribution in [0.25, 0.3) is 0 Å². The van der Waals surface area contributed by atoms with Crippen molar-refractivity contribution in [2.24, 2.45) is 4.99 Å². The molecule has 0 amide bonds. The molecule has 0 aromatic heterocycles. The molecule has 0 saturated carbocycles. The molecule has 0 spiro atoms. The van der Waals surface area contributed by atoms with E-state index in [1.165, 1.54) is 6.26 Å². The Morgan fingerprint density at radius 2 is 1.81 bits per heavy atom. The smallest absolute Gasteiger partial charge is 0.211 e. The minimum atomic E-state index is -3.22. The molecule has 148 valence electrons. The Kier molecular flexibility index (Phi) is 8.51. The molecule has 0 atom stereocenters. The van der Waals surface area contributed by atoms with E-state index in [2.05, 4.69) is 20.3 Å². The van der Waals surface area contributed by atoms with Gasteiger partial charge in [0.2, 0.25) is 10.0 Å². The van der Waals surface area contributed by atoms with Crippen LogP contribution in [0.15, 0.2) is 28.1 Å². The van der Waals surface area contributed by atoms with Crippen LogP contribution < -0.4 is 15.4 Å². The van der Waals surface area contributed by atoms with Gasteiger partial charge in [0.1, 0.15) is 0 Å². The van der Waals surface area contributed by atoms with Gasteiger partial charge in [-0.2, -0.15) is 0 Å². The van der Waals surface area contributed by atoms with Crippen LogP contribution in [0.3, 0.4) is 0 Å². The normalized spacial score (nSPS) is 12.8. The molecule has 1 aromatic rings. The average Bonchev–Trinajstić information content (AvgIpc) is 2.56. The van der Waals surface area contributed by atoms with Crippen LogP contribution >= 0.6 is 0 Å². The molecule has 26 heavy (non-hydrogen) atoms. The standard InChI is InChI=1S/C16H28N4O4S2/c1-5-26(23,24)20-10-6-9-18-16(17-3)19-12-14-7-8-15(13(2)11-14)25(4,21)22/h7-8,11,20H,5-6,9-10,12H2,1-4H3,(H2,17,18,19). The Hall–Kier alpha value is -1.65. The Morgan fingerprint density at radius 3 is 2.35 bits per heavy atom. The Bertz CT molecular complexity index is 834. The molecule has 10 heteroatoms. The van der Waals surface area contributed by atoms with Crippen LogP contribution in [-0.4, -0.2) is 54.9 Å². The zero-order chi connectivity index (χ0) is 19.8. The molecule has 8 nitrogen and oxygen atoms in total. The van der Waals surface area contributed by atoms with Crippen molar-refractivity contribution in [1.29, 1.82) is 0 Å². The zero-order valence-corrected chi connectivity index (χ0v) is 17.3. The highest BCUT2D eigenvalue weighted by Gasteiger charge is 2.11. The van der Waals surface area contributed by atoms with Crippen molar-refractivity contribution < 1.29 is 16.8 Å². The number of hydrogen-bond donors (Lipinski definition) is 3. The largest absolute Gasteiger partial charge is 0.356 e. The first-order valence-electron chi connectivity index (χ1n) is 8.30. The van der Waals surface area contributed by atoms with Crippen molar-refractivity contribution >= 4 is 25.8 Å². The van der Waals surface area contributed by atoms with Crippen molar-refractivity contribution in [2.45, 2.75) is 31.7 Å². The highest BCUT2D eigenvalue weighted by Crippen LogP contribution is 2.16. The molecular formula is C16H28N4O4S2. The molecule has 0 unspecified atom stereocenters. The second kappa shape index (κ2) is 9.89. The SMILES string of the molecule is CCS(=O)(=O)NCCCNC(=NC)NCc1ccc(S(C)(=O)=O)c(C)c1. The summed E-state index contributed by atoms with van der Waals surface area (Å²) < 4.78 is 48.4. The highest BCUT2D eigenvalue weighted by atomic mass is 32.2. The summed E-state index contributed by atoms with van der Waals surface area (Å²) in [6.07, 6.45) is 1.82. The summed E-state index contributed by atoms with van der Waals surface area (Å²) in [4.78, 5) is 4.44. The lowest BCUT2D eigenvalue weighted by Gasteiger charge is -2.13. The van der Waals surface area contributed by atoms with Gasteiger partial charge in [-0.1, -0.05) is 12.1 Å². The summed E-state index contributed by atoms with van der Waals surface area (Å²) in [5.74, 6) is 0.662. The molecule has 0 saturated heterocycles. The van der Waals surface area contributed by atoms with E-state index in [0.29, 0.717) is 42.5 Å². The van der Waals surface area contributed by atoms with Crippen LogP contribution in [0.5, 0.6) is 0 Å². The summed E-state index contributed by atoms with van der Waals surface area (Å²) in [5, 5.41) is 6.24. The number of nitrogens with one attached hydrogen (secondary N) is 3. The molecule has 1 aromatic carbocycles. The minimum Gasteiger partial charge on any atom is -0.356 e. The summed E-state index contributed by atoms with van der Waals surface area (Å²) in [6, 6.07) is 5.21. The van der Waals surface area contributed by atoms with Gasteiger partial charge in [0.25, 0.3) is 0 Å². The maximum absolute atomic E-state index is 11.6. The van der Waals surface area contributed by atoms with Crippen molar-refractivity contribution in [2.75, 3.05) is 32.1 Å². The van der Waals surface area contributed by atoms with Crippen molar-refractivity contribution in [3.8, 4) is 0 Å². The van der Waals surface area contributed by atoms with E-state index in [0.717, 1.165) is 5.56 Å². The summed E-state index contributed by atoms with van der Waals surface area (Å²) in [6.45, 7) is 4.79. The molecule has 0 radical (unpaired) electrons. The molecule has 0 aliphatic rings. The van der Waals surface area contributed by atoms with Gasteiger partial charge in [-0.3, -0.25) is 4.99 Å². The average molecular weight is 405 g/mol. The number of sulfonamides is 1. The van der Waals surface area contributed by atoms with E-state index >= 15 is 0 Å². The number of rotatable bonds is 9. The molecule has 0 aliphatic carbocycles. The maximum Gasteiger partial charge on any atom is 0.211 e. The molecule has 3 N–H and O–H groups in total. The Labute approximate surface area is 156 Å². The lowest BCUT2D eigenvalue weighted by molar-refractivity contribution is 0.579. The van der Waals surface area contributed by atoms with Crippen molar-refractivity contribution in [3.63, 3.8) is 0 Å². The van der Waals surface area contributed by atoms with Crippen LogP contribution in [0.2, 0.25) is 0 Å². The van der Waals surface area contributed by atoms with Gasteiger partial charge in [-0.15, -0.1) is 0 Å². The fraction of sp³-hybridized carbons (Fsp3) is 0.562. The van der Waals surface area contributed by atoms with Gasteiger partial charge >= 0.3 is 0 Å². The monoisotopic (exact) mass is 404 g/mol. The predicted octanol–water partition coefficient (Wildman–Crippen LogP) is 0.393. The Morgan fingerprint density at radius 1 is 1.12 bits per heavy atom. The van der Waals surface area contributed by atoms with E-state index in [-0.39, 0.29) is 5.75 Å². The molecule has 1 rings (SSSR count). The van der Waals surface area contributed by atoms with Crippen LogP contribution in [0.4, 0.5) is 0 Å². The second-order valence-corrected chi connectivity index (χ2v) is 9.96. The fourth-order valence-corrected chi connectivity index (χ4v) is 3.89. The lowest BCUT2D eigenvalue weighted by atomic mass is 10.1. The first-order valence-corrected chi connectivity index (χ1v) is 11.8. The molecule has 0 bridgehead atoms. The number of benzene rings is 1.